The largest absolute Gasteiger partial charge is 0.489 e. The van der Waals surface area contributed by atoms with E-state index in [0.717, 1.165) is 46.7 Å². The van der Waals surface area contributed by atoms with Crippen LogP contribution in [0.25, 0.3) is 0 Å². The van der Waals surface area contributed by atoms with Crippen LogP contribution < -0.4 is 10.1 Å². The van der Waals surface area contributed by atoms with Gasteiger partial charge in [0.25, 0.3) is 0 Å². The number of carbonyl (C=O) groups excluding carboxylic acids is 1. The minimum atomic E-state index is -0.287. The Morgan fingerprint density at radius 2 is 2.00 bits per heavy atom. The predicted molar refractivity (Wildman–Crippen MR) is 126 cm³/mol. The van der Waals surface area contributed by atoms with Crippen molar-refractivity contribution >= 4 is 35.1 Å². The topological polar surface area (TPSA) is 69.0 Å². The molecule has 1 N–H and O–H groups in total. The molecular formula is C24H23ClN4O2S. The normalized spacial score (nSPS) is 17.6. The Morgan fingerprint density at radius 1 is 1.19 bits per heavy atom. The van der Waals surface area contributed by atoms with Gasteiger partial charge in [0, 0.05) is 28.3 Å². The average molecular weight is 467 g/mol. The molecule has 8 heteroatoms. The Morgan fingerprint density at radius 3 is 2.78 bits per heavy atom. The second kappa shape index (κ2) is 9.00. The molecule has 0 saturated carbocycles. The summed E-state index contributed by atoms with van der Waals surface area (Å²) >= 11 is 7.82. The van der Waals surface area contributed by atoms with Gasteiger partial charge in [0.2, 0.25) is 11.1 Å². The number of ether oxygens (including phenoxy) is 1. The van der Waals surface area contributed by atoms with E-state index in [4.69, 9.17) is 21.4 Å². The summed E-state index contributed by atoms with van der Waals surface area (Å²) in [6, 6.07) is 15.2. The summed E-state index contributed by atoms with van der Waals surface area (Å²) in [5, 5.41) is 9.47. The molecule has 0 fully saturated rings. The van der Waals surface area contributed by atoms with Gasteiger partial charge >= 0.3 is 0 Å². The third kappa shape index (κ3) is 4.02. The molecule has 0 bridgehead atoms. The number of nitrogens with one attached hydrogen (secondary N) is 1. The van der Waals surface area contributed by atoms with E-state index < -0.39 is 0 Å². The maximum Gasteiger partial charge on any atom is 0.227 e. The number of aromatic nitrogens is 3. The number of benzene rings is 2. The maximum atomic E-state index is 12.9. The smallest absolute Gasteiger partial charge is 0.227 e. The van der Waals surface area contributed by atoms with Gasteiger partial charge in [-0.05, 0) is 42.4 Å². The lowest BCUT2D eigenvalue weighted by Crippen LogP contribution is -2.31. The van der Waals surface area contributed by atoms with Gasteiger partial charge in [-0.3, -0.25) is 4.79 Å². The molecule has 0 radical (unpaired) electrons. The first kappa shape index (κ1) is 21.1. The molecule has 0 amide bonds. The third-order valence-corrected chi connectivity index (χ3v) is 6.76. The van der Waals surface area contributed by atoms with Crippen LogP contribution in [0.3, 0.4) is 0 Å². The number of nitrogens with zero attached hydrogens (tertiary/aromatic N) is 3. The molecule has 2 heterocycles. The van der Waals surface area contributed by atoms with Crippen molar-refractivity contribution in [1.29, 1.82) is 0 Å². The second-order valence-corrected chi connectivity index (χ2v) is 9.38. The van der Waals surface area contributed by atoms with Crippen LogP contribution in [0.5, 0.6) is 5.75 Å². The second-order valence-electron chi connectivity index (χ2n) is 7.74. The highest BCUT2D eigenvalue weighted by molar-refractivity contribution is 7.99. The first-order valence-electron chi connectivity index (χ1n) is 10.7. The van der Waals surface area contributed by atoms with E-state index in [0.29, 0.717) is 29.2 Å². The van der Waals surface area contributed by atoms with Crippen LogP contribution >= 0.6 is 23.4 Å². The molecule has 32 heavy (non-hydrogen) atoms. The fourth-order valence-electron chi connectivity index (χ4n) is 4.16. The lowest BCUT2D eigenvalue weighted by molar-refractivity contribution is -0.116. The van der Waals surface area contributed by atoms with E-state index in [9.17, 15) is 4.79 Å². The molecule has 6 nitrogen and oxygen atoms in total. The van der Waals surface area contributed by atoms with Crippen LogP contribution in [-0.4, -0.2) is 26.3 Å². The van der Waals surface area contributed by atoms with Gasteiger partial charge in [-0.25, -0.2) is 4.68 Å². The highest BCUT2D eigenvalue weighted by Gasteiger charge is 2.36. The number of anilines is 1. The van der Waals surface area contributed by atoms with Gasteiger partial charge in [0.1, 0.15) is 18.4 Å². The summed E-state index contributed by atoms with van der Waals surface area (Å²) in [5.74, 6) is 2.50. The van der Waals surface area contributed by atoms with Gasteiger partial charge < -0.3 is 10.1 Å². The quantitative estimate of drug-likeness (QED) is 0.474. The number of hydrogen-bond acceptors (Lipinski definition) is 6. The number of Topliss-reactive ketones (excluding diaryl/α,β-unsaturated/α-hetero) is 1. The monoisotopic (exact) mass is 466 g/mol. The number of thioether (sulfide) groups is 1. The Labute approximate surface area is 196 Å². The lowest BCUT2D eigenvalue weighted by atomic mass is 9.85. The molecule has 1 atom stereocenters. The minimum absolute atomic E-state index is 0.175. The molecule has 1 unspecified atom stereocenters. The van der Waals surface area contributed by atoms with Crippen LogP contribution in [0.4, 0.5) is 5.95 Å². The number of allylic oxidation sites excluding steroid dienone is 2. The average Bonchev–Trinajstić information content (AvgIpc) is 3.20. The van der Waals surface area contributed by atoms with Gasteiger partial charge in [0.05, 0.1) is 0 Å². The van der Waals surface area contributed by atoms with Gasteiger partial charge in [-0.15, -0.1) is 5.10 Å². The van der Waals surface area contributed by atoms with E-state index in [1.807, 2.05) is 53.2 Å². The van der Waals surface area contributed by atoms with Crippen molar-refractivity contribution in [3.63, 3.8) is 0 Å². The van der Waals surface area contributed by atoms with Crippen molar-refractivity contribution in [2.24, 2.45) is 0 Å². The molecule has 3 aromatic rings. The number of ketones is 1. The number of halogens is 1. The summed E-state index contributed by atoms with van der Waals surface area (Å²) in [6.07, 6.45) is 2.27. The molecule has 2 aliphatic rings. The van der Waals surface area contributed by atoms with Gasteiger partial charge in [0.15, 0.2) is 5.78 Å². The number of rotatable bonds is 6. The molecule has 1 aromatic heterocycles. The SMILES string of the molecule is CCSc1nc2n(n1)C(c1ccc(OCc3ccccc3Cl)cc1)C1=C(CCCC1=O)N2. The number of fused-ring (bicyclic) bond motifs is 1. The molecule has 1 aliphatic heterocycles. The number of hydrogen-bond donors (Lipinski definition) is 1. The van der Waals surface area contributed by atoms with Crippen molar-refractivity contribution in [3.8, 4) is 5.75 Å². The van der Waals surface area contributed by atoms with Crippen molar-refractivity contribution in [3.05, 3.63) is 76.0 Å². The zero-order valence-corrected chi connectivity index (χ0v) is 19.2. The summed E-state index contributed by atoms with van der Waals surface area (Å²) in [6.45, 7) is 2.47. The zero-order chi connectivity index (χ0) is 22.1. The van der Waals surface area contributed by atoms with E-state index in [1.165, 1.54) is 0 Å². The van der Waals surface area contributed by atoms with E-state index in [-0.39, 0.29) is 11.8 Å². The summed E-state index contributed by atoms with van der Waals surface area (Å²) in [5.41, 5.74) is 3.69. The molecule has 0 saturated heterocycles. The Kier molecular flexibility index (Phi) is 5.93. The van der Waals surface area contributed by atoms with Crippen molar-refractivity contribution < 1.29 is 9.53 Å². The van der Waals surface area contributed by atoms with Crippen LogP contribution in [0.15, 0.2) is 65.0 Å². The van der Waals surface area contributed by atoms with Gasteiger partial charge in [-0.1, -0.05) is 60.6 Å². The Bertz CT molecular complexity index is 1190. The van der Waals surface area contributed by atoms with E-state index in [1.54, 1.807) is 11.8 Å². The zero-order valence-electron chi connectivity index (χ0n) is 17.7. The van der Waals surface area contributed by atoms with Crippen molar-refractivity contribution in [2.75, 3.05) is 11.1 Å². The molecule has 5 rings (SSSR count). The van der Waals surface area contributed by atoms with Crippen molar-refractivity contribution in [2.45, 2.75) is 44.0 Å². The molecular weight excluding hydrogens is 444 g/mol. The molecule has 0 spiro atoms. The highest BCUT2D eigenvalue weighted by atomic mass is 35.5. The fourth-order valence-corrected chi connectivity index (χ4v) is 4.90. The minimum Gasteiger partial charge on any atom is -0.489 e. The highest BCUT2D eigenvalue weighted by Crippen LogP contribution is 2.40. The number of carbonyl (C=O) groups is 1. The van der Waals surface area contributed by atoms with Crippen LogP contribution in [0.1, 0.15) is 43.4 Å². The maximum absolute atomic E-state index is 12.9. The lowest BCUT2D eigenvalue weighted by Gasteiger charge is -2.32. The standard InChI is InChI=1S/C24H23ClN4O2S/c1-2-32-24-27-23-26-19-8-5-9-20(30)21(19)22(29(23)28-24)15-10-12-17(13-11-15)31-14-16-6-3-4-7-18(16)25/h3-4,6-7,10-13,22H,2,5,8-9,14H2,1H3,(H,26,27,28). The predicted octanol–water partition coefficient (Wildman–Crippen LogP) is 5.64. The van der Waals surface area contributed by atoms with Crippen LogP contribution in [-0.2, 0) is 11.4 Å². The van der Waals surface area contributed by atoms with E-state index in [2.05, 4.69) is 17.2 Å². The Hall–Kier alpha value is -2.77. The van der Waals surface area contributed by atoms with E-state index >= 15 is 0 Å². The first-order valence-corrected chi connectivity index (χ1v) is 12.1. The Balaban J connectivity index is 1.45. The molecule has 2 aromatic carbocycles. The fraction of sp³-hybridized carbons (Fsp3) is 0.292. The van der Waals surface area contributed by atoms with Crippen LogP contribution in [0, 0.1) is 0 Å². The van der Waals surface area contributed by atoms with Gasteiger partial charge in [-0.2, -0.15) is 4.98 Å². The molecule has 164 valence electrons. The first-order chi connectivity index (χ1) is 15.6. The summed E-state index contributed by atoms with van der Waals surface area (Å²) in [4.78, 5) is 17.6. The van der Waals surface area contributed by atoms with Crippen LogP contribution in [0.2, 0.25) is 5.02 Å². The molecule has 1 aliphatic carbocycles. The summed E-state index contributed by atoms with van der Waals surface area (Å²) < 4.78 is 7.78. The van der Waals surface area contributed by atoms with Crippen molar-refractivity contribution in [1.82, 2.24) is 14.8 Å². The summed E-state index contributed by atoms with van der Waals surface area (Å²) in [7, 11) is 0. The third-order valence-electron chi connectivity index (χ3n) is 5.67.